The van der Waals surface area contributed by atoms with E-state index in [0.717, 1.165) is 0 Å². The van der Waals surface area contributed by atoms with Gasteiger partial charge in [-0.3, -0.25) is 14.6 Å². The zero-order valence-electron chi connectivity index (χ0n) is 11.5. The summed E-state index contributed by atoms with van der Waals surface area (Å²) in [6, 6.07) is 3.35. The van der Waals surface area contributed by atoms with Gasteiger partial charge in [0.05, 0.1) is 14.2 Å². The third kappa shape index (κ3) is 2.99. The van der Waals surface area contributed by atoms with E-state index < -0.39 is 11.5 Å². The second kappa shape index (κ2) is 6.04. The molecule has 8 heteroatoms. The fraction of sp³-hybridized carbons (Fsp3) is 0.231. The first-order valence-electron chi connectivity index (χ1n) is 6.01. The zero-order valence-corrected chi connectivity index (χ0v) is 11.5. The highest BCUT2D eigenvalue weighted by Gasteiger charge is 2.15. The molecule has 2 rings (SSSR count). The number of nitrogens with zero attached hydrogens (tertiary/aromatic N) is 2. The number of nitrogens with one attached hydrogen (secondary N) is 1. The van der Waals surface area contributed by atoms with Crippen LogP contribution in [0.25, 0.3) is 0 Å². The molecule has 0 fully saturated rings. The summed E-state index contributed by atoms with van der Waals surface area (Å²) in [6.45, 7) is 0. The van der Waals surface area contributed by atoms with Crippen LogP contribution in [0.2, 0.25) is 0 Å². The van der Waals surface area contributed by atoms with Crippen LogP contribution in [-0.2, 0) is 6.42 Å². The third-order valence-electron chi connectivity index (χ3n) is 2.77. The molecule has 0 saturated carbocycles. The number of hydrogen-bond acceptors (Lipinski definition) is 6. The van der Waals surface area contributed by atoms with Gasteiger partial charge in [0.25, 0.3) is 17.3 Å². The Kier molecular flexibility index (Phi) is 4.17. The molecule has 21 heavy (non-hydrogen) atoms. The number of methoxy groups -OCH3 is 2. The Bertz CT molecular complexity index is 726. The average Bonchev–Trinajstić information content (AvgIpc) is 2.47. The van der Waals surface area contributed by atoms with Gasteiger partial charge in [-0.25, -0.2) is 0 Å². The van der Waals surface area contributed by atoms with E-state index in [1.54, 1.807) is 12.1 Å². The van der Waals surface area contributed by atoms with Crippen molar-refractivity contribution in [3.05, 3.63) is 45.8 Å². The summed E-state index contributed by atoms with van der Waals surface area (Å²) in [5.41, 5.74) is 5.48. The summed E-state index contributed by atoms with van der Waals surface area (Å²) in [5, 5.41) is 0. The molecule has 0 aromatic carbocycles. The number of rotatable bonds is 5. The van der Waals surface area contributed by atoms with Crippen molar-refractivity contribution in [3.63, 3.8) is 0 Å². The number of pyridine rings is 1. The molecule has 2 aromatic rings. The van der Waals surface area contributed by atoms with Gasteiger partial charge in [-0.1, -0.05) is 6.07 Å². The summed E-state index contributed by atoms with van der Waals surface area (Å²) in [7, 11) is 2.73. The molecule has 0 aliphatic rings. The second-order valence-electron chi connectivity index (χ2n) is 4.11. The molecule has 8 nitrogen and oxygen atoms in total. The zero-order chi connectivity index (χ0) is 15.4. The SMILES string of the molecule is COc1nc(Cc2cccnc2C(N)=O)[nH]c(=O)c1OC. The molecule has 1 amide bonds. The molecule has 0 aliphatic heterocycles. The minimum Gasteiger partial charge on any atom is -0.487 e. The Balaban J connectivity index is 2.43. The highest BCUT2D eigenvalue weighted by molar-refractivity contribution is 5.92. The van der Waals surface area contributed by atoms with E-state index in [9.17, 15) is 9.59 Å². The lowest BCUT2D eigenvalue weighted by molar-refractivity contribution is 0.0994. The Hall–Kier alpha value is -2.90. The normalized spacial score (nSPS) is 10.2. The van der Waals surface area contributed by atoms with Crippen molar-refractivity contribution in [1.82, 2.24) is 15.0 Å². The van der Waals surface area contributed by atoms with Gasteiger partial charge >= 0.3 is 0 Å². The topological polar surface area (TPSA) is 120 Å². The number of ether oxygens (including phenoxy) is 2. The monoisotopic (exact) mass is 290 g/mol. The number of carbonyl (C=O) groups is 1. The van der Waals surface area contributed by atoms with E-state index in [4.69, 9.17) is 15.2 Å². The van der Waals surface area contributed by atoms with E-state index in [-0.39, 0.29) is 23.7 Å². The molecular weight excluding hydrogens is 276 g/mol. The van der Waals surface area contributed by atoms with Gasteiger partial charge in [-0.15, -0.1) is 0 Å². The lowest BCUT2D eigenvalue weighted by Crippen LogP contribution is -2.18. The van der Waals surface area contributed by atoms with Crippen molar-refractivity contribution in [2.24, 2.45) is 5.73 Å². The van der Waals surface area contributed by atoms with Gasteiger partial charge in [-0.05, 0) is 11.6 Å². The average molecular weight is 290 g/mol. The lowest BCUT2D eigenvalue weighted by atomic mass is 10.1. The van der Waals surface area contributed by atoms with Crippen LogP contribution in [0.4, 0.5) is 0 Å². The van der Waals surface area contributed by atoms with Crippen molar-refractivity contribution in [3.8, 4) is 11.6 Å². The van der Waals surface area contributed by atoms with E-state index in [1.165, 1.54) is 20.4 Å². The van der Waals surface area contributed by atoms with Crippen molar-refractivity contribution in [2.45, 2.75) is 6.42 Å². The molecule has 0 spiro atoms. The minimum atomic E-state index is -0.645. The number of hydrogen-bond donors (Lipinski definition) is 2. The van der Waals surface area contributed by atoms with Gasteiger partial charge < -0.3 is 20.2 Å². The van der Waals surface area contributed by atoms with Gasteiger partial charge in [0.15, 0.2) is 0 Å². The number of amides is 1. The maximum Gasteiger partial charge on any atom is 0.297 e. The fourth-order valence-corrected chi connectivity index (χ4v) is 1.87. The summed E-state index contributed by atoms with van der Waals surface area (Å²) >= 11 is 0. The van der Waals surface area contributed by atoms with Gasteiger partial charge in [0.1, 0.15) is 11.5 Å². The third-order valence-corrected chi connectivity index (χ3v) is 2.77. The van der Waals surface area contributed by atoms with Gasteiger partial charge in [0.2, 0.25) is 5.75 Å². The van der Waals surface area contributed by atoms with E-state index >= 15 is 0 Å². The van der Waals surface area contributed by atoms with Crippen LogP contribution >= 0.6 is 0 Å². The molecule has 0 radical (unpaired) electrons. The van der Waals surface area contributed by atoms with Crippen molar-refractivity contribution >= 4 is 5.91 Å². The largest absolute Gasteiger partial charge is 0.487 e. The predicted octanol–water partition coefficient (Wildman–Crippen LogP) is -0.128. The summed E-state index contributed by atoms with van der Waals surface area (Å²) in [4.78, 5) is 33.8. The van der Waals surface area contributed by atoms with E-state index in [2.05, 4.69) is 15.0 Å². The molecule has 2 heterocycles. The van der Waals surface area contributed by atoms with Crippen LogP contribution in [0.5, 0.6) is 11.6 Å². The lowest BCUT2D eigenvalue weighted by Gasteiger charge is -2.09. The van der Waals surface area contributed by atoms with E-state index in [0.29, 0.717) is 11.4 Å². The van der Waals surface area contributed by atoms with E-state index in [1.807, 2.05) is 0 Å². The Morgan fingerprint density at radius 1 is 1.38 bits per heavy atom. The molecule has 0 unspecified atom stereocenters. The highest BCUT2D eigenvalue weighted by atomic mass is 16.5. The Morgan fingerprint density at radius 2 is 2.14 bits per heavy atom. The summed E-state index contributed by atoms with van der Waals surface area (Å²) in [6.07, 6.45) is 1.65. The van der Waals surface area contributed by atoms with Crippen LogP contribution in [0.3, 0.4) is 0 Å². The quantitative estimate of drug-likeness (QED) is 0.791. The summed E-state index contributed by atoms with van der Waals surface area (Å²) in [5.74, 6) is -0.273. The Labute approximate surface area is 119 Å². The number of carbonyl (C=O) groups excluding carboxylic acids is 1. The maximum absolute atomic E-state index is 11.9. The van der Waals surface area contributed by atoms with Crippen molar-refractivity contribution in [1.29, 1.82) is 0 Å². The molecule has 0 atom stereocenters. The molecule has 0 saturated heterocycles. The van der Waals surface area contributed by atoms with Crippen LogP contribution in [-0.4, -0.2) is 35.1 Å². The molecule has 2 aromatic heterocycles. The fourth-order valence-electron chi connectivity index (χ4n) is 1.87. The van der Waals surface area contributed by atoms with Crippen molar-refractivity contribution < 1.29 is 14.3 Å². The van der Waals surface area contributed by atoms with Crippen LogP contribution in [0.1, 0.15) is 21.9 Å². The molecule has 0 aliphatic carbocycles. The standard InChI is InChI=1S/C13H14N4O4/c1-20-10-12(19)16-8(17-13(10)21-2)6-7-4-3-5-15-9(7)11(14)18/h3-5H,6H2,1-2H3,(H2,14,18)(H,16,17,19). The first kappa shape index (κ1) is 14.5. The van der Waals surface area contributed by atoms with Gasteiger partial charge in [-0.2, -0.15) is 4.98 Å². The minimum absolute atomic E-state index is 0.0115. The van der Waals surface area contributed by atoms with Gasteiger partial charge in [0, 0.05) is 12.6 Å². The first-order valence-corrected chi connectivity index (χ1v) is 6.01. The molecule has 0 bridgehead atoms. The van der Waals surface area contributed by atoms with Crippen LogP contribution in [0.15, 0.2) is 23.1 Å². The second-order valence-corrected chi connectivity index (χ2v) is 4.11. The van der Waals surface area contributed by atoms with Crippen LogP contribution < -0.4 is 20.8 Å². The molecular formula is C13H14N4O4. The number of H-pyrrole nitrogens is 1. The number of aromatic amines is 1. The predicted molar refractivity (Wildman–Crippen MR) is 73.5 cm³/mol. The number of primary amides is 1. The molecule has 110 valence electrons. The molecule has 3 N–H and O–H groups in total. The first-order chi connectivity index (χ1) is 10.1. The number of aromatic nitrogens is 3. The van der Waals surface area contributed by atoms with Crippen molar-refractivity contribution in [2.75, 3.05) is 14.2 Å². The summed E-state index contributed by atoms with van der Waals surface area (Å²) < 4.78 is 9.93. The Morgan fingerprint density at radius 3 is 2.76 bits per heavy atom. The highest BCUT2D eigenvalue weighted by Crippen LogP contribution is 2.19. The van der Waals surface area contributed by atoms with Crippen LogP contribution in [0, 0.1) is 0 Å². The maximum atomic E-state index is 11.9. The smallest absolute Gasteiger partial charge is 0.297 e. The number of nitrogens with two attached hydrogens (primary N) is 1.